The van der Waals surface area contributed by atoms with Crippen LogP contribution in [0.4, 0.5) is 0 Å². The fourth-order valence-electron chi connectivity index (χ4n) is 2.05. The Hall–Kier alpha value is 0.112. The molecule has 0 nitrogen and oxygen atoms in total. The van der Waals surface area contributed by atoms with Crippen molar-refractivity contribution in [1.82, 2.24) is 0 Å². The van der Waals surface area contributed by atoms with Crippen LogP contribution in [0.25, 0.3) is 0 Å². The normalized spacial score (nSPS) is 10.7. The number of halogens is 2. The molecule has 0 aliphatic rings. The van der Waals surface area contributed by atoms with Crippen LogP contribution >= 0.6 is 28.3 Å². The van der Waals surface area contributed by atoms with Crippen molar-refractivity contribution in [3.8, 4) is 0 Å². The Bertz CT molecular complexity index is 423. The van der Waals surface area contributed by atoms with E-state index in [4.69, 9.17) is 19.1 Å². The van der Waals surface area contributed by atoms with Gasteiger partial charge in [0.2, 0.25) is 0 Å². The average molecular weight is 406 g/mol. The van der Waals surface area contributed by atoms with Crippen LogP contribution in [0.2, 0.25) is 0 Å². The summed E-state index contributed by atoms with van der Waals surface area (Å²) in [5.41, 5.74) is 2.71. The van der Waals surface area contributed by atoms with E-state index in [1.165, 1.54) is 11.1 Å². The molecule has 0 fully saturated rings. The number of rotatable bonds is 3. The Morgan fingerprint density at radius 1 is 0.895 bits per heavy atom. The first-order chi connectivity index (χ1) is 9.19. The van der Waals surface area contributed by atoms with Gasteiger partial charge in [-0.15, -0.1) is 9.24 Å². The van der Waals surface area contributed by atoms with Gasteiger partial charge in [0.05, 0.1) is 0 Å². The van der Waals surface area contributed by atoms with Crippen molar-refractivity contribution >= 4 is 28.3 Å². The van der Waals surface area contributed by atoms with Crippen LogP contribution in [0.15, 0.2) is 60.7 Å². The molecule has 0 heterocycles. The Labute approximate surface area is 134 Å². The van der Waals surface area contributed by atoms with Crippen molar-refractivity contribution in [1.29, 1.82) is 0 Å². The standard InChI is InChI=1S/C15H17P.2ClH.Pd/c1-2-15(16,13-9-5-3-6-10-13)14-11-7-4-8-12-14;;;/h3-12H,2,16H2,1H3;2*1H;/q;;;+2/p-2. The van der Waals surface area contributed by atoms with E-state index >= 15 is 0 Å². The van der Waals surface area contributed by atoms with Gasteiger partial charge in [-0.3, -0.25) is 0 Å². The minimum absolute atomic E-state index is 0.0442. The molecule has 1 unspecified atom stereocenters. The van der Waals surface area contributed by atoms with Crippen molar-refractivity contribution in [3.05, 3.63) is 71.8 Å². The Morgan fingerprint density at radius 3 is 1.47 bits per heavy atom. The first-order valence-electron chi connectivity index (χ1n) is 5.91. The van der Waals surface area contributed by atoms with Crippen LogP contribution in [0.5, 0.6) is 0 Å². The molecule has 0 aliphatic heterocycles. The SMILES string of the molecule is CCC(P)(c1ccccc1)c1ccccc1.[Cl][Pd][Cl]. The maximum absolute atomic E-state index is 4.81. The molecule has 19 heavy (non-hydrogen) atoms. The molecule has 0 saturated carbocycles. The van der Waals surface area contributed by atoms with Crippen molar-refractivity contribution in [2.75, 3.05) is 0 Å². The van der Waals surface area contributed by atoms with E-state index in [2.05, 4.69) is 76.8 Å². The summed E-state index contributed by atoms with van der Waals surface area (Å²) in [4.78, 5) is 0. The molecule has 0 radical (unpaired) electrons. The summed E-state index contributed by atoms with van der Waals surface area (Å²) in [5, 5.41) is 0.0442. The second-order valence-corrected chi connectivity index (χ2v) is 7.45. The van der Waals surface area contributed by atoms with Crippen molar-refractivity contribution in [3.63, 3.8) is 0 Å². The van der Waals surface area contributed by atoms with E-state index < -0.39 is 0 Å². The zero-order valence-corrected chi connectivity index (χ0v) is 14.9. The van der Waals surface area contributed by atoms with Gasteiger partial charge in [-0.1, -0.05) is 67.6 Å². The van der Waals surface area contributed by atoms with E-state index in [1.54, 1.807) is 0 Å². The van der Waals surface area contributed by atoms with Crippen LogP contribution in [-0.2, 0) is 21.1 Å². The van der Waals surface area contributed by atoms with Crippen LogP contribution < -0.4 is 0 Å². The summed E-state index contributed by atoms with van der Waals surface area (Å²) in [6.45, 7) is 2.23. The Morgan fingerprint density at radius 2 is 1.21 bits per heavy atom. The van der Waals surface area contributed by atoms with Crippen LogP contribution in [-0.4, -0.2) is 0 Å². The van der Waals surface area contributed by atoms with Crippen LogP contribution in [0.3, 0.4) is 0 Å². The first-order valence-corrected chi connectivity index (χ1v) is 10.5. The molecular weight excluding hydrogens is 388 g/mol. The van der Waals surface area contributed by atoms with Gasteiger partial charge in [-0.05, 0) is 17.5 Å². The van der Waals surface area contributed by atoms with Crippen LogP contribution in [0.1, 0.15) is 24.5 Å². The van der Waals surface area contributed by atoms with E-state index in [0.717, 1.165) is 6.42 Å². The molecule has 0 saturated heterocycles. The second kappa shape index (κ2) is 9.12. The van der Waals surface area contributed by atoms with Gasteiger partial charge in [-0.25, -0.2) is 0 Å². The third-order valence-electron chi connectivity index (χ3n) is 3.14. The van der Waals surface area contributed by atoms with Crippen LogP contribution in [0, 0.1) is 0 Å². The monoisotopic (exact) mass is 404 g/mol. The van der Waals surface area contributed by atoms with Crippen molar-refractivity contribution < 1.29 is 15.9 Å². The molecule has 1 atom stereocenters. The Kier molecular flexibility index (Phi) is 8.24. The van der Waals surface area contributed by atoms with Gasteiger partial charge in [0.25, 0.3) is 0 Å². The zero-order valence-electron chi connectivity index (χ0n) is 10.6. The molecule has 0 bridgehead atoms. The predicted octanol–water partition coefficient (Wildman–Crippen LogP) is 5.59. The average Bonchev–Trinajstić information content (AvgIpc) is 2.49. The maximum atomic E-state index is 4.81. The zero-order chi connectivity index (χ0) is 14.1. The van der Waals surface area contributed by atoms with Gasteiger partial charge in [-0.2, -0.15) is 0 Å². The molecule has 4 heteroatoms. The second-order valence-electron chi connectivity index (χ2n) is 4.10. The summed E-state index contributed by atoms with van der Waals surface area (Å²) in [7, 11) is 12.6. The van der Waals surface area contributed by atoms with Gasteiger partial charge in [0.15, 0.2) is 0 Å². The van der Waals surface area contributed by atoms with Crippen molar-refractivity contribution in [2.45, 2.75) is 18.5 Å². The molecule has 0 spiro atoms. The number of hydrogen-bond donors (Lipinski definition) is 0. The third kappa shape index (κ3) is 4.86. The molecule has 2 aromatic rings. The molecule has 0 aromatic heterocycles. The summed E-state index contributed by atoms with van der Waals surface area (Å²) >= 11 is -0.106. The van der Waals surface area contributed by atoms with Gasteiger partial charge < -0.3 is 0 Å². The van der Waals surface area contributed by atoms with Gasteiger partial charge in [0, 0.05) is 5.16 Å². The fraction of sp³-hybridized carbons (Fsp3) is 0.200. The number of hydrogen-bond acceptors (Lipinski definition) is 0. The minimum atomic E-state index is -0.106. The molecule has 0 aliphatic carbocycles. The van der Waals surface area contributed by atoms with Gasteiger partial charge >= 0.3 is 35.0 Å². The molecule has 0 amide bonds. The third-order valence-corrected chi connectivity index (χ3v) is 4.21. The predicted molar refractivity (Wildman–Crippen MR) is 85.4 cm³/mol. The van der Waals surface area contributed by atoms with Crippen molar-refractivity contribution in [2.24, 2.45) is 0 Å². The van der Waals surface area contributed by atoms with E-state index in [9.17, 15) is 0 Å². The molecule has 2 aromatic carbocycles. The molecule has 106 valence electrons. The van der Waals surface area contributed by atoms with E-state index in [-0.39, 0.29) is 21.1 Å². The fourth-order valence-corrected chi connectivity index (χ4v) is 2.43. The van der Waals surface area contributed by atoms with Gasteiger partial charge in [0.1, 0.15) is 0 Å². The summed E-state index contributed by atoms with van der Waals surface area (Å²) in [6.07, 6.45) is 1.08. The number of benzene rings is 2. The molecular formula is C15H17Cl2PPd. The summed E-state index contributed by atoms with van der Waals surface area (Å²) < 4.78 is 0. The first kappa shape index (κ1) is 17.2. The summed E-state index contributed by atoms with van der Waals surface area (Å²) in [5.74, 6) is 0. The molecule has 0 N–H and O–H groups in total. The summed E-state index contributed by atoms with van der Waals surface area (Å²) in [6, 6.07) is 21.3. The molecule has 2 rings (SSSR count). The topological polar surface area (TPSA) is 0 Å². The van der Waals surface area contributed by atoms with E-state index in [1.807, 2.05) is 0 Å². The Balaban J connectivity index is 0.000000550. The quantitative estimate of drug-likeness (QED) is 0.461. The van der Waals surface area contributed by atoms with E-state index in [0.29, 0.717) is 0 Å².